The molecule has 2 heterocycles. The summed E-state index contributed by atoms with van der Waals surface area (Å²) in [7, 11) is 0. The first-order valence-electron chi connectivity index (χ1n) is 6.37. The first-order valence-corrected chi connectivity index (χ1v) is 6.37. The van der Waals surface area contributed by atoms with Crippen LogP contribution in [0.25, 0.3) is 10.9 Å². The molecule has 0 spiro atoms. The van der Waals surface area contributed by atoms with E-state index >= 15 is 0 Å². The standard InChI is InChI=1S/C15H17NO2/c1-11-10-15(17,6-8-18-11)13-4-5-14-12(9-13)3-2-7-16-14/h2-5,7,9,11,17H,6,8,10H2,1H3. The predicted molar refractivity (Wildman–Crippen MR) is 70.3 cm³/mol. The molecule has 1 saturated heterocycles. The number of benzene rings is 1. The van der Waals surface area contributed by atoms with Gasteiger partial charge in [0.1, 0.15) is 0 Å². The quantitative estimate of drug-likeness (QED) is 0.837. The third kappa shape index (κ3) is 2.00. The molecule has 3 rings (SSSR count). The van der Waals surface area contributed by atoms with Gasteiger partial charge in [0.2, 0.25) is 0 Å². The lowest BCUT2D eigenvalue weighted by molar-refractivity contribution is -0.101. The van der Waals surface area contributed by atoms with Crippen molar-refractivity contribution in [3.8, 4) is 0 Å². The zero-order valence-corrected chi connectivity index (χ0v) is 10.5. The van der Waals surface area contributed by atoms with Crippen LogP contribution in [0, 0.1) is 0 Å². The van der Waals surface area contributed by atoms with Crippen molar-refractivity contribution in [1.29, 1.82) is 0 Å². The normalized spacial score (nSPS) is 28.4. The Labute approximate surface area is 106 Å². The Hall–Kier alpha value is -1.45. The number of hydrogen-bond acceptors (Lipinski definition) is 3. The van der Waals surface area contributed by atoms with Crippen LogP contribution in [0.1, 0.15) is 25.3 Å². The van der Waals surface area contributed by atoms with Gasteiger partial charge in [0.05, 0.1) is 23.8 Å². The second-order valence-corrected chi connectivity index (χ2v) is 5.08. The van der Waals surface area contributed by atoms with E-state index in [0.717, 1.165) is 16.5 Å². The highest BCUT2D eigenvalue weighted by molar-refractivity contribution is 5.79. The van der Waals surface area contributed by atoms with Crippen molar-refractivity contribution in [3.05, 3.63) is 42.1 Å². The van der Waals surface area contributed by atoms with E-state index in [0.29, 0.717) is 19.4 Å². The van der Waals surface area contributed by atoms with Crippen LogP contribution in [-0.4, -0.2) is 22.8 Å². The van der Waals surface area contributed by atoms with Crippen molar-refractivity contribution < 1.29 is 9.84 Å². The van der Waals surface area contributed by atoms with Gasteiger partial charge < -0.3 is 9.84 Å². The summed E-state index contributed by atoms with van der Waals surface area (Å²) in [6, 6.07) is 9.94. The summed E-state index contributed by atoms with van der Waals surface area (Å²) >= 11 is 0. The van der Waals surface area contributed by atoms with Crippen molar-refractivity contribution in [2.75, 3.05) is 6.61 Å². The number of fused-ring (bicyclic) bond motifs is 1. The largest absolute Gasteiger partial charge is 0.385 e. The summed E-state index contributed by atoms with van der Waals surface area (Å²) in [6.45, 7) is 2.62. The van der Waals surface area contributed by atoms with Gasteiger partial charge in [-0.1, -0.05) is 12.1 Å². The average molecular weight is 243 g/mol. The van der Waals surface area contributed by atoms with E-state index in [1.807, 2.05) is 37.3 Å². The summed E-state index contributed by atoms with van der Waals surface area (Å²) in [5.41, 5.74) is 1.17. The van der Waals surface area contributed by atoms with Crippen LogP contribution in [0.2, 0.25) is 0 Å². The summed E-state index contributed by atoms with van der Waals surface area (Å²) in [5.74, 6) is 0. The number of aliphatic hydroxyl groups is 1. The molecule has 0 saturated carbocycles. The Morgan fingerprint density at radius 1 is 1.39 bits per heavy atom. The second kappa shape index (κ2) is 4.34. The van der Waals surface area contributed by atoms with Crippen molar-refractivity contribution >= 4 is 10.9 Å². The Morgan fingerprint density at radius 2 is 2.28 bits per heavy atom. The summed E-state index contributed by atoms with van der Waals surface area (Å²) in [4.78, 5) is 4.30. The number of pyridine rings is 1. The SMILES string of the molecule is CC1CC(O)(c2ccc3ncccc3c2)CCO1. The highest BCUT2D eigenvalue weighted by Crippen LogP contribution is 2.35. The molecular weight excluding hydrogens is 226 g/mol. The minimum atomic E-state index is -0.762. The van der Waals surface area contributed by atoms with E-state index in [1.54, 1.807) is 6.20 Å². The molecule has 3 nitrogen and oxygen atoms in total. The number of rotatable bonds is 1. The monoisotopic (exact) mass is 243 g/mol. The van der Waals surface area contributed by atoms with E-state index in [1.165, 1.54) is 0 Å². The maximum Gasteiger partial charge on any atom is 0.0943 e. The lowest BCUT2D eigenvalue weighted by Gasteiger charge is -2.36. The molecule has 0 aliphatic carbocycles. The van der Waals surface area contributed by atoms with E-state index in [9.17, 15) is 5.11 Å². The zero-order valence-electron chi connectivity index (χ0n) is 10.5. The predicted octanol–water partition coefficient (Wildman–Crippen LogP) is 2.62. The first kappa shape index (κ1) is 11.6. The smallest absolute Gasteiger partial charge is 0.0943 e. The molecule has 0 radical (unpaired) electrons. The third-order valence-corrected chi connectivity index (χ3v) is 3.68. The maximum absolute atomic E-state index is 10.8. The third-order valence-electron chi connectivity index (χ3n) is 3.68. The van der Waals surface area contributed by atoms with Gasteiger partial charge in [-0.05, 0) is 30.7 Å². The minimum absolute atomic E-state index is 0.105. The van der Waals surface area contributed by atoms with Crippen LogP contribution in [0.5, 0.6) is 0 Å². The van der Waals surface area contributed by atoms with Crippen LogP contribution in [0.3, 0.4) is 0 Å². The molecule has 1 aromatic heterocycles. The fraction of sp³-hybridized carbons (Fsp3) is 0.400. The van der Waals surface area contributed by atoms with Crippen molar-refractivity contribution in [2.45, 2.75) is 31.5 Å². The molecule has 1 fully saturated rings. The van der Waals surface area contributed by atoms with Gasteiger partial charge in [-0.3, -0.25) is 4.98 Å². The van der Waals surface area contributed by atoms with Gasteiger partial charge in [-0.2, -0.15) is 0 Å². The molecule has 1 aromatic carbocycles. The highest BCUT2D eigenvalue weighted by atomic mass is 16.5. The molecule has 1 aliphatic heterocycles. The number of nitrogens with zero attached hydrogens (tertiary/aromatic N) is 1. The molecule has 1 aliphatic rings. The van der Waals surface area contributed by atoms with Gasteiger partial charge in [0.15, 0.2) is 0 Å². The minimum Gasteiger partial charge on any atom is -0.385 e. The molecule has 3 heteroatoms. The molecular formula is C15H17NO2. The Kier molecular flexibility index (Phi) is 2.80. The van der Waals surface area contributed by atoms with Crippen LogP contribution in [0.15, 0.2) is 36.5 Å². The number of hydrogen-bond donors (Lipinski definition) is 1. The number of aromatic nitrogens is 1. The molecule has 0 bridgehead atoms. The van der Waals surface area contributed by atoms with Crippen molar-refractivity contribution in [1.82, 2.24) is 4.98 Å². The van der Waals surface area contributed by atoms with E-state index in [-0.39, 0.29) is 6.10 Å². The number of ether oxygens (including phenoxy) is 1. The summed E-state index contributed by atoms with van der Waals surface area (Å²) < 4.78 is 5.51. The van der Waals surface area contributed by atoms with E-state index in [4.69, 9.17) is 4.74 Å². The Morgan fingerprint density at radius 3 is 3.11 bits per heavy atom. The molecule has 94 valence electrons. The molecule has 2 unspecified atom stereocenters. The van der Waals surface area contributed by atoms with Crippen LogP contribution < -0.4 is 0 Å². The van der Waals surface area contributed by atoms with Crippen LogP contribution >= 0.6 is 0 Å². The maximum atomic E-state index is 10.8. The van der Waals surface area contributed by atoms with Gasteiger partial charge in [-0.25, -0.2) is 0 Å². The Bertz CT molecular complexity index is 569. The Balaban J connectivity index is 2.02. The molecule has 1 N–H and O–H groups in total. The second-order valence-electron chi connectivity index (χ2n) is 5.08. The molecule has 18 heavy (non-hydrogen) atoms. The average Bonchev–Trinajstić information content (AvgIpc) is 2.38. The summed E-state index contributed by atoms with van der Waals surface area (Å²) in [5, 5.41) is 11.8. The van der Waals surface area contributed by atoms with Crippen molar-refractivity contribution in [2.24, 2.45) is 0 Å². The van der Waals surface area contributed by atoms with Gasteiger partial charge >= 0.3 is 0 Å². The lowest BCUT2D eigenvalue weighted by atomic mass is 9.83. The first-order chi connectivity index (χ1) is 8.67. The fourth-order valence-electron chi connectivity index (χ4n) is 2.69. The molecule has 2 aromatic rings. The van der Waals surface area contributed by atoms with Gasteiger partial charge in [-0.15, -0.1) is 0 Å². The van der Waals surface area contributed by atoms with Crippen molar-refractivity contribution in [3.63, 3.8) is 0 Å². The molecule has 2 atom stereocenters. The van der Waals surface area contributed by atoms with Crippen LogP contribution in [-0.2, 0) is 10.3 Å². The zero-order chi connectivity index (χ0) is 12.6. The highest BCUT2D eigenvalue weighted by Gasteiger charge is 2.35. The van der Waals surface area contributed by atoms with E-state index in [2.05, 4.69) is 4.98 Å². The van der Waals surface area contributed by atoms with Gasteiger partial charge in [0.25, 0.3) is 0 Å². The van der Waals surface area contributed by atoms with Crippen LogP contribution in [0.4, 0.5) is 0 Å². The van der Waals surface area contributed by atoms with E-state index < -0.39 is 5.60 Å². The molecule has 0 amide bonds. The summed E-state index contributed by atoms with van der Waals surface area (Å²) in [6.07, 6.45) is 3.20. The van der Waals surface area contributed by atoms with Gasteiger partial charge in [0, 0.05) is 24.4 Å². The lowest BCUT2D eigenvalue weighted by Crippen LogP contribution is -2.37. The fourth-order valence-corrected chi connectivity index (χ4v) is 2.69. The topological polar surface area (TPSA) is 42.4 Å².